The maximum atomic E-state index is 13.3. The van der Waals surface area contributed by atoms with Crippen LogP contribution in [0.2, 0.25) is 0 Å². The van der Waals surface area contributed by atoms with E-state index >= 15 is 0 Å². The van der Waals surface area contributed by atoms with Crippen LogP contribution in [0.1, 0.15) is 20.8 Å². The lowest BCUT2D eigenvalue weighted by atomic mass is 10.1. The Hall–Kier alpha value is -3.16. The summed E-state index contributed by atoms with van der Waals surface area (Å²) in [6.07, 6.45) is 1.44. The summed E-state index contributed by atoms with van der Waals surface area (Å²) in [5, 5.41) is 12.1. The predicted octanol–water partition coefficient (Wildman–Crippen LogP) is 2.33. The fraction of sp³-hybridized carbons (Fsp3) is 0.250. The second kappa shape index (κ2) is 7.93. The Morgan fingerprint density at radius 2 is 2.03 bits per heavy atom. The van der Waals surface area contributed by atoms with Gasteiger partial charge >= 0.3 is 0 Å². The van der Waals surface area contributed by atoms with Crippen LogP contribution in [-0.4, -0.2) is 43.9 Å². The SMILES string of the molecule is Cc1c(C(=O)N2CSCC2C(=O)Nc2ccc(C#N)cc2)sc2ncn(C)c(=O)c12. The number of rotatable bonds is 3. The van der Waals surface area contributed by atoms with E-state index in [0.717, 1.165) is 0 Å². The van der Waals surface area contributed by atoms with Gasteiger partial charge in [-0.15, -0.1) is 23.1 Å². The summed E-state index contributed by atoms with van der Waals surface area (Å²) in [5.74, 6) is 0.315. The molecule has 8 nitrogen and oxygen atoms in total. The molecule has 2 aromatic heterocycles. The third-order valence-electron chi connectivity index (χ3n) is 4.93. The first kappa shape index (κ1) is 20.1. The molecular weight excluding hydrogens is 422 g/mol. The van der Waals surface area contributed by atoms with Gasteiger partial charge in [-0.05, 0) is 36.8 Å². The summed E-state index contributed by atoms with van der Waals surface area (Å²) in [5.41, 5.74) is 1.46. The minimum absolute atomic E-state index is 0.196. The monoisotopic (exact) mass is 439 g/mol. The molecule has 1 aliphatic rings. The summed E-state index contributed by atoms with van der Waals surface area (Å²) in [6.45, 7) is 1.74. The number of hydrogen-bond acceptors (Lipinski definition) is 7. The van der Waals surface area contributed by atoms with Crippen molar-refractivity contribution in [1.29, 1.82) is 5.26 Å². The number of thioether (sulfide) groups is 1. The van der Waals surface area contributed by atoms with Crippen LogP contribution < -0.4 is 10.9 Å². The van der Waals surface area contributed by atoms with Crippen molar-refractivity contribution in [1.82, 2.24) is 14.5 Å². The summed E-state index contributed by atoms with van der Waals surface area (Å²) >= 11 is 2.68. The highest BCUT2D eigenvalue weighted by Crippen LogP contribution is 2.31. The first-order chi connectivity index (χ1) is 14.4. The number of carbonyl (C=O) groups excluding carboxylic acids is 2. The van der Waals surface area contributed by atoms with E-state index in [0.29, 0.717) is 43.5 Å². The number of hydrogen-bond donors (Lipinski definition) is 1. The van der Waals surface area contributed by atoms with Gasteiger partial charge < -0.3 is 14.8 Å². The van der Waals surface area contributed by atoms with Crippen molar-refractivity contribution in [2.24, 2.45) is 7.05 Å². The minimum atomic E-state index is -0.626. The van der Waals surface area contributed by atoms with Crippen LogP contribution >= 0.6 is 23.1 Å². The molecule has 1 saturated heterocycles. The van der Waals surface area contributed by atoms with Crippen molar-refractivity contribution >= 4 is 50.8 Å². The van der Waals surface area contributed by atoms with Crippen LogP contribution in [0.3, 0.4) is 0 Å². The Kier molecular flexibility index (Phi) is 5.32. The molecule has 3 heterocycles. The largest absolute Gasteiger partial charge is 0.324 e. The second-order valence-electron chi connectivity index (χ2n) is 6.87. The summed E-state index contributed by atoms with van der Waals surface area (Å²) in [4.78, 5) is 45.3. The van der Waals surface area contributed by atoms with Gasteiger partial charge in [0.05, 0.1) is 34.1 Å². The third-order valence-corrected chi connectivity index (χ3v) is 7.13. The van der Waals surface area contributed by atoms with E-state index in [1.54, 1.807) is 38.2 Å². The molecule has 1 fully saturated rings. The zero-order valence-corrected chi connectivity index (χ0v) is 17.8. The van der Waals surface area contributed by atoms with Crippen LogP contribution in [-0.2, 0) is 11.8 Å². The highest BCUT2D eigenvalue weighted by Gasteiger charge is 2.36. The van der Waals surface area contributed by atoms with Gasteiger partial charge in [-0.3, -0.25) is 14.4 Å². The molecule has 1 unspecified atom stereocenters. The number of fused-ring (bicyclic) bond motifs is 1. The van der Waals surface area contributed by atoms with E-state index in [-0.39, 0.29) is 17.4 Å². The van der Waals surface area contributed by atoms with E-state index in [1.807, 2.05) is 6.07 Å². The van der Waals surface area contributed by atoms with Gasteiger partial charge in [-0.25, -0.2) is 4.98 Å². The Balaban J connectivity index is 1.59. The van der Waals surface area contributed by atoms with Gasteiger partial charge in [-0.1, -0.05) is 0 Å². The number of amides is 2. The maximum Gasteiger partial charge on any atom is 0.265 e. The number of aryl methyl sites for hydroxylation is 2. The van der Waals surface area contributed by atoms with Crippen LogP contribution in [0.5, 0.6) is 0 Å². The standard InChI is InChI=1S/C20H17N5O3S2/c1-11-15-18(22-9-24(2)19(15)27)30-16(11)20(28)25-10-29-8-14(25)17(26)23-13-5-3-12(7-21)4-6-13/h3-6,9,14H,8,10H2,1-2H3,(H,23,26). The van der Waals surface area contributed by atoms with Crippen molar-refractivity contribution < 1.29 is 9.59 Å². The summed E-state index contributed by atoms with van der Waals surface area (Å²) in [7, 11) is 1.62. The lowest BCUT2D eigenvalue weighted by Gasteiger charge is -2.23. The fourth-order valence-corrected chi connectivity index (χ4v) is 5.51. The lowest BCUT2D eigenvalue weighted by molar-refractivity contribution is -0.119. The Morgan fingerprint density at radius 3 is 2.73 bits per heavy atom. The van der Waals surface area contributed by atoms with E-state index < -0.39 is 6.04 Å². The molecule has 0 aliphatic carbocycles. The number of thiophene rings is 1. The highest BCUT2D eigenvalue weighted by molar-refractivity contribution is 7.99. The lowest BCUT2D eigenvalue weighted by Crippen LogP contribution is -2.44. The highest BCUT2D eigenvalue weighted by atomic mass is 32.2. The first-order valence-electron chi connectivity index (χ1n) is 9.05. The molecule has 0 saturated carbocycles. The zero-order chi connectivity index (χ0) is 21.4. The van der Waals surface area contributed by atoms with E-state index in [9.17, 15) is 14.4 Å². The molecule has 1 N–H and O–H groups in total. The van der Waals surface area contributed by atoms with Crippen molar-refractivity contribution in [2.75, 3.05) is 16.9 Å². The number of benzene rings is 1. The quantitative estimate of drug-likeness (QED) is 0.671. The Morgan fingerprint density at radius 1 is 1.30 bits per heavy atom. The number of nitriles is 1. The molecule has 2 amide bonds. The smallest absolute Gasteiger partial charge is 0.265 e. The number of aromatic nitrogens is 2. The molecule has 0 bridgehead atoms. The summed E-state index contributed by atoms with van der Waals surface area (Å²) in [6, 6.07) is 7.96. The fourth-order valence-electron chi connectivity index (χ4n) is 3.26. The minimum Gasteiger partial charge on any atom is -0.324 e. The van der Waals surface area contributed by atoms with Crippen LogP contribution in [0.15, 0.2) is 35.4 Å². The van der Waals surface area contributed by atoms with Gasteiger partial charge in [0.15, 0.2) is 0 Å². The van der Waals surface area contributed by atoms with Crippen molar-refractivity contribution in [2.45, 2.75) is 13.0 Å². The van der Waals surface area contributed by atoms with Crippen molar-refractivity contribution in [3.05, 3.63) is 57.0 Å². The molecule has 1 aromatic carbocycles. The van der Waals surface area contributed by atoms with Crippen LogP contribution in [0.25, 0.3) is 10.2 Å². The molecular formula is C20H17N5O3S2. The predicted molar refractivity (Wildman–Crippen MR) is 117 cm³/mol. The molecule has 10 heteroatoms. The van der Waals surface area contributed by atoms with Crippen LogP contribution in [0, 0.1) is 18.3 Å². The number of nitrogens with zero attached hydrogens (tertiary/aromatic N) is 4. The topological polar surface area (TPSA) is 108 Å². The van der Waals surface area contributed by atoms with E-state index in [1.165, 1.54) is 38.9 Å². The maximum absolute atomic E-state index is 13.3. The molecule has 3 aromatic rings. The molecule has 152 valence electrons. The molecule has 30 heavy (non-hydrogen) atoms. The summed E-state index contributed by atoms with van der Waals surface area (Å²) < 4.78 is 1.38. The van der Waals surface area contributed by atoms with Gasteiger partial charge in [0.25, 0.3) is 11.5 Å². The Labute approximate surface area is 180 Å². The second-order valence-corrected chi connectivity index (χ2v) is 8.86. The molecule has 0 radical (unpaired) electrons. The zero-order valence-electron chi connectivity index (χ0n) is 16.2. The average molecular weight is 440 g/mol. The van der Waals surface area contributed by atoms with Crippen molar-refractivity contribution in [3.8, 4) is 6.07 Å². The van der Waals surface area contributed by atoms with Crippen molar-refractivity contribution in [3.63, 3.8) is 0 Å². The van der Waals surface area contributed by atoms with E-state index in [2.05, 4.69) is 10.3 Å². The molecule has 4 rings (SSSR count). The van der Waals surface area contributed by atoms with Crippen LogP contribution in [0.4, 0.5) is 5.69 Å². The molecule has 0 spiro atoms. The molecule has 1 atom stereocenters. The number of nitrogens with one attached hydrogen (secondary N) is 1. The normalized spacial score (nSPS) is 15.9. The molecule has 1 aliphatic heterocycles. The van der Waals surface area contributed by atoms with Gasteiger partial charge in [0, 0.05) is 18.5 Å². The number of anilines is 1. The first-order valence-corrected chi connectivity index (χ1v) is 11.0. The number of carbonyl (C=O) groups is 2. The van der Waals surface area contributed by atoms with Gasteiger partial charge in [-0.2, -0.15) is 5.26 Å². The van der Waals surface area contributed by atoms with E-state index in [4.69, 9.17) is 5.26 Å². The average Bonchev–Trinajstić information content (AvgIpc) is 3.36. The van der Waals surface area contributed by atoms with Gasteiger partial charge in [0.2, 0.25) is 5.91 Å². The Bertz CT molecular complexity index is 1260. The third kappa shape index (κ3) is 3.46. The van der Waals surface area contributed by atoms with Gasteiger partial charge in [0.1, 0.15) is 10.9 Å².